The Morgan fingerprint density at radius 2 is 0.741 bits per heavy atom. The molecule has 0 saturated carbocycles. The summed E-state index contributed by atoms with van der Waals surface area (Å²) in [4.78, 5) is 2.36. The lowest BCUT2D eigenvalue weighted by Gasteiger charge is -2.26. The highest BCUT2D eigenvalue weighted by molar-refractivity contribution is 7.25. The molecule has 0 radical (unpaired) electrons. The largest absolute Gasteiger partial charge is 0.455 e. The fourth-order valence-electron chi connectivity index (χ4n) is 8.69. The normalized spacial score (nSPS) is 11.8. The molecule has 3 aromatic heterocycles. The minimum atomic E-state index is 0.907. The van der Waals surface area contributed by atoms with Crippen LogP contribution < -0.4 is 4.90 Å². The maximum Gasteiger partial charge on any atom is 0.143 e. The number of fused-ring (bicyclic) bond motifs is 9. The fourth-order valence-corrected chi connectivity index (χ4v) is 9.82. The van der Waals surface area contributed by atoms with E-state index in [1.54, 1.807) is 0 Å². The lowest BCUT2D eigenvalue weighted by molar-refractivity contribution is 0.669. The number of thiophene rings is 1. The van der Waals surface area contributed by atoms with Gasteiger partial charge in [-0.3, -0.25) is 0 Å². The standard InChI is InChI=1S/C54H33NO2S/c1-4-16-49-43(9-1)47-14-7-12-41(53(47)56-49)36-21-19-34(20-22-36)35-23-27-38(28-24-35)55(40-31-32-46-45-11-3-6-18-51(45)58-52(46)33-40)39-29-25-37(26-30-39)42-13-8-15-48-44-10-2-5-17-50(44)57-54(42)48/h1-33H. The summed E-state index contributed by atoms with van der Waals surface area (Å²) in [5.41, 5.74) is 13.7. The van der Waals surface area contributed by atoms with Crippen molar-refractivity contribution in [2.45, 2.75) is 0 Å². The summed E-state index contributed by atoms with van der Waals surface area (Å²) in [5.74, 6) is 0. The van der Waals surface area contributed by atoms with Crippen LogP contribution in [-0.2, 0) is 0 Å². The van der Waals surface area contributed by atoms with Crippen LogP contribution in [0.25, 0.3) is 97.4 Å². The third-order valence-corrected chi connectivity index (χ3v) is 12.7. The summed E-state index contributed by atoms with van der Waals surface area (Å²) >= 11 is 1.84. The molecule has 0 unspecified atom stereocenters. The molecule has 0 spiro atoms. The van der Waals surface area contributed by atoms with Crippen LogP contribution in [0.5, 0.6) is 0 Å². The first-order chi connectivity index (χ1) is 28.7. The highest BCUT2D eigenvalue weighted by Gasteiger charge is 2.18. The Morgan fingerprint density at radius 1 is 0.310 bits per heavy atom. The number of hydrogen-bond acceptors (Lipinski definition) is 4. The molecule has 0 atom stereocenters. The zero-order valence-corrected chi connectivity index (χ0v) is 32.0. The fraction of sp³-hybridized carbons (Fsp3) is 0. The van der Waals surface area contributed by atoms with Crippen LogP contribution in [0.15, 0.2) is 209 Å². The van der Waals surface area contributed by atoms with E-state index in [9.17, 15) is 0 Å². The predicted octanol–water partition coefficient (Wildman–Crippen LogP) is 16.3. The number of nitrogens with zero attached hydrogens (tertiary/aromatic N) is 1. The first-order valence-corrected chi connectivity index (χ1v) is 20.4. The zero-order valence-electron chi connectivity index (χ0n) is 31.2. The van der Waals surface area contributed by atoms with Gasteiger partial charge in [-0.1, -0.05) is 146 Å². The van der Waals surface area contributed by atoms with Crippen LogP contribution in [0.4, 0.5) is 17.1 Å². The van der Waals surface area contributed by atoms with Gasteiger partial charge in [-0.2, -0.15) is 0 Å². The van der Waals surface area contributed by atoms with Crippen molar-refractivity contribution in [3.63, 3.8) is 0 Å². The molecule has 272 valence electrons. The van der Waals surface area contributed by atoms with E-state index in [4.69, 9.17) is 8.83 Å². The lowest BCUT2D eigenvalue weighted by Crippen LogP contribution is -2.09. The Morgan fingerprint density at radius 3 is 1.33 bits per heavy atom. The number of para-hydroxylation sites is 4. The molecule has 58 heavy (non-hydrogen) atoms. The lowest BCUT2D eigenvalue weighted by atomic mass is 9.98. The predicted molar refractivity (Wildman–Crippen MR) is 245 cm³/mol. The van der Waals surface area contributed by atoms with Crippen LogP contribution in [0.3, 0.4) is 0 Å². The second-order valence-corrected chi connectivity index (χ2v) is 15.9. The average Bonchev–Trinajstić information content (AvgIpc) is 3.98. The summed E-state index contributed by atoms with van der Waals surface area (Å²) in [6.45, 7) is 0. The molecule has 0 amide bonds. The van der Waals surface area contributed by atoms with Gasteiger partial charge in [-0.25, -0.2) is 0 Å². The summed E-state index contributed by atoms with van der Waals surface area (Å²) < 4.78 is 15.3. The van der Waals surface area contributed by atoms with Crippen molar-refractivity contribution in [2.75, 3.05) is 4.90 Å². The first kappa shape index (κ1) is 32.8. The molecule has 3 heterocycles. The van der Waals surface area contributed by atoms with Gasteiger partial charge < -0.3 is 13.7 Å². The van der Waals surface area contributed by atoms with Gasteiger partial charge in [-0.15, -0.1) is 11.3 Å². The molecule has 12 aromatic rings. The van der Waals surface area contributed by atoms with Crippen LogP contribution in [0, 0.1) is 0 Å². The number of benzene rings is 9. The van der Waals surface area contributed by atoms with Gasteiger partial charge in [0.05, 0.1) is 0 Å². The molecule has 12 rings (SSSR count). The molecule has 0 fully saturated rings. The smallest absolute Gasteiger partial charge is 0.143 e. The third kappa shape index (κ3) is 5.27. The van der Waals surface area contributed by atoms with E-state index in [0.29, 0.717) is 0 Å². The van der Waals surface area contributed by atoms with Crippen LogP contribution >= 0.6 is 11.3 Å². The molecule has 0 saturated heterocycles. The molecule has 0 aliphatic heterocycles. The van der Waals surface area contributed by atoms with Gasteiger partial charge in [0.1, 0.15) is 22.3 Å². The van der Waals surface area contributed by atoms with Crippen LogP contribution in [0.1, 0.15) is 0 Å². The van der Waals surface area contributed by atoms with Crippen molar-refractivity contribution in [2.24, 2.45) is 0 Å². The summed E-state index contributed by atoms with van der Waals surface area (Å²) in [5, 5.41) is 7.14. The van der Waals surface area contributed by atoms with Crippen LogP contribution in [-0.4, -0.2) is 0 Å². The van der Waals surface area contributed by atoms with Crippen molar-refractivity contribution < 1.29 is 8.83 Å². The summed E-state index contributed by atoms with van der Waals surface area (Å²) in [6, 6.07) is 71.5. The monoisotopic (exact) mass is 759 g/mol. The summed E-state index contributed by atoms with van der Waals surface area (Å²) in [7, 11) is 0. The van der Waals surface area contributed by atoms with Crippen molar-refractivity contribution in [1.29, 1.82) is 0 Å². The number of hydrogen-bond donors (Lipinski definition) is 0. The topological polar surface area (TPSA) is 29.5 Å². The zero-order chi connectivity index (χ0) is 38.2. The Bertz CT molecular complexity index is 3500. The molecule has 0 bridgehead atoms. The Kier molecular flexibility index (Phi) is 7.40. The quantitative estimate of drug-likeness (QED) is 0.169. The highest BCUT2D eigenvalue weighted by atomic mass is 32.1. The van der Waals surface area contributed by atoms with Crippen molar-refractivity contribution in [1.82, 2.24) is 0 Å². The van der Waals surface area contributed by atoms with E-state index in [0.717, 1.165) is 94.3 Å². The van der Waals surface area contributed by atoms with Gasteiger partial charge >= 0.3 is 0 Å². The second kappa shape index (κ2) is 13.1. The van der Waals surface area contributed by atoms with Crippen molar-refractivity contribution in [3.8, 4) is 33.4 Å². The Labute approximate surface area is 338 Å². The van der Waals surface area contributed by atoms with Crippen molar-refractivity contribution >= 4 is 92.4 Å². The minimum Gasteiger partial charge on any atom is -0.455 e. The van der Waals surface area contributed by atoms with E-state index in [1.807, 2.05) is 35.6 Å². The molecule has 3 nitrogen and oxygen atoms in total. The number of rotatable bonds is 6. The van der Waals surface area contributed by atoms with E-state index in [2.05, 4.69) is 181 Å². The molecule has 0 N–H and O–H groups in total. The highest BCUT2D eigenvalue weighted by Crippen LogP contribution is 2.43. The molecular weight excluding hydrogens is 727 g/mol. The van der Waals surface area contributed by atoms with Gasteiger partial charge in [0.25, 0.3) is 0 Å². The molecule has 4 heteroatoms. The maximum absolute atomic E-state index is 6.41. The van der Waals surface area contributed by atoms with E-state index < -0.39 is 0 Å². The van der Waals surface area contributed by atoms with E-state index in [-0.39, 0.29) is 0 Å². The first-order valence-electron chi connectivity index (χ1n) is 19.6. The molecule has 9 aromatic carbocycles. The number of anilines is 3. The average molecular weight is 760 g/mol. The summed E-state index contributed by atoms with van der Waals surface area (Å²) in [6.07, 6.45) is 0. The molecule has 0 aliphatic rings. The number of furan rings is 2. The minimum absolute atomic E-state index is 0.907. The SMILES string of the molecule is c1ccc2c(c1)oc1c(-c3ccc(-c4ccc(N(c5ccc(-c6cccc7c6oc6ccccc67)cc5)c5ccc6c(c5)sc5ccccc56)cc4)cc3)cccc12. The Hall–Kier alpha value is -7.40. The van der Waals surface area contributed by atoms with Gasteiger partial charge in [0, 0.05) is 69.9 Å². The molecule has 0 aliphatic carbocycles. The van der Waals surface area contributed by atoms with Gasteiger partial charge in [0.2, 0.25) is 0 Å². The Balaban J connectivity index is 0.915. The van der Waals surface area contributed by atoms with E-state index >= 15 is 0 Å². The van der Waals surface area contributed by atoms with Gasteiger partial charge in [0.15, 0.2) is 0 Å². The maximum atomic E-state index is 6.41. The third-order valence-electron chi connectivity index (χ3n) is 11.5. The molecular formula is C54H33NO2S. The van der Waals surface area contributed by atoms with Crippen molar-refractivity contribution in [3.05, 3.63) is 200 Å². The van der Waals surface area contributed by atoms with Gasteiger partial charge in [-0.05, 0) is 76.9 Å². The van der Waals surface area contributed by atoms with E-state index in [1.165, 1.54) is 20.2 Å². The second-order valence-electron chi connectivity index (χ2n) is 14.8. The van der Waals surface area contributed by atoms with Crippen LogP contribution in [0.2, 0.25) is 0 Å².